The third kappa shape index (κ3) is 1.71. The Balaban J connectivity index is 2.24. The Morgan fingerprint density at radius 1 is 1.28 bits per heavy atom. The fourth-order valence-corrected chi connectivity index (χ4v) is 3.89. The lowest BCUT2D eigenvalue weighted by Crippen LogP contribution is -2.15. The van der Waals surface area contributed by atoms with Gasteiger partial charge >= 0.3 is 0 Å². The molecule has 1 aliphatic carbocycles. The molecule has 6 N–H and O–H groups in total. The van der Waals surface area contributed by atoms with Crippen molar-refractivity contribution in [3.8, 4) is 0 Å². The molecule has 0 spiro atoms. The topological polar surface area (TPSA) is 102 Å². The largest absolute Gasteiger partial charge is 0.308 e. The molecule has 0 bridgehead atoms. The molecule has 6 nitrogen and oxygen atoms in total. The molecule has 2 heterocycles. The summed E-state index contributed by atoms with van der Waals surface area (Å²) in [6.45, 7) is 2.29. The van der Waals surface area contributed by atoms with Crippen LogP contribution in [0.1, 0.15) is 23.8 Å². The minimum Gasteiger partial charge on any atom is -0.308 e. The number of nitrogens with zero attached hydrogens (tertiary/aromatic N) is 2. The highest BCUT2D eigenvalue weighted by atomic mass is 32.1. The molecule has 0 saturated heterocycles. The second-order valence-corrected chi connectivity index (χ2v) is 5.80. The monoisotopic (exact) mass is 264 g/mol. The van der Waals surface area contributed by atoms with Crippen molar-refractivity contribution in [3.05, 3.63) is 10.4 Å². The molecule has 0 aliphatic heterocycles. The second-order valence-electron chi connectivity index (χ2n) is 4.72. The summed E-state index contributed by atoms with van der Waals surface area (Å²) in [5.41, 5.74) is 6.48. The minimum absolute atomic E-state index is 0.391. The molecule has 0 unspecified atom stereocenters. The van der Waals surface area contributed by atoms with Gasteiger partial charge in [0.1, 0.15) is 4.83 Å². The number of thiophene rings is 1. The van der Waals surface area contributed by atoms with Gasteiger partial charge in [-0.2, -0.15) is 4.98 Å². The lowest BCUT2D eigenvalue weighted by atomic mass is 9.89. The fourth-order valence-electron chi connectivity index (χ4n) is 2.51. The minimum atomic E-state index is 0.391. The van der Waals surface area contributed by atoms with E-state index >= 15 is 0 Å². The number of fused-ring (bicyclic) bond motifs is 3. The maximum Gasteiger partial charge on any atom is 0.240 e. The number of hydrogen-bond acceptors (Lipinski definition) is 7. The smallest absolute Gasteiger partial charge is 0.240 e. The molecule has 0 fully saturated rings. The second kappa shape index (κ2) is 4.34. The zero-order valence-corrected chi connectivity index (χ0v) is 11.0. The molecule has 18 heavy (non-hydrogen) atoms. The van der Waals surface area contributed by atoms with Crippen LogP contribution in [-0.2, 0) is 12.8 Å². The highest BCUT2D eigenvalue weighted by Crippen LogP contribution is 2.40. The lowest BCUT2D eigenvalue weighted by molar-refractivity contribution is 0.509. The Labute approximate surface area is 109 Å². The maximum atomic E-state index is 5.55. The van der Waals surface area contributed by atoms with Crippen molar-refractivity contribution in [1.82, 2.24) is 9.97 Å². The Morgan fingerprint density at radius 2 is 2.11 bits per heavy atom. The van der Waals surface area contributed by atoms with E-state index in [-0.39, 0.29) is 0 Å². The Bertz CT molecular complexity index is 593. The van der Waals surface area contributed by atoms with Crippen LogP contribution in [0.5, 0.6) is 0 Å². The van der Waals surface area contributed by atoms with Crippen molar-refractivity contribution in [1.29, 1.82) is 0 Å². The SMILES string of the molecule is C[C@H]1CCc2c(sc3nc(NN)nc(NN)c23)C1. The average Bonchev–Trinajstić information content (AvgIpc) is 2.74. The predicted molar refractivity (Wildman–Crippen MR) is 74.2 cm³/mol. The van der Waals surface area contributed by atoms with Gasteiger partial charge in [-0.05, 0) is 30.7 Å². The summed E-state index contributed by atoms with van der Waals surface area (Å²) in [7, 11) is 0. The van der Waals surface area contributed by atoms with Crippen LogP contribution < -0.4 is 22.5 Å². The van der Waals surface area contributed by atoms with Crippen LogP contribution in [0, 0.1) is 5.92 Å². The third-order valence-corrected chi connectivity index (χ3v) is 4.57. The molecule has 0 saturated carbocycles. The average molecular weight is 264 g/mol. The van der Waals surface area contributed by atoms with Gasteiger partial charge in [0, 0.05) is 4.88 Å². The molecule has 3 rings (SSSR count). The number of aryl methyl sites for hydroxylation is 1. The molecule has 0 aromatic carbocycles. The van der Waals surface area contributed by atoms with Crippen molar-refractivity contribution < 1.29 is 0 Å². The molecular formula is C11H16N6S. The van der Waals surface area contributed by atoms with Crippen molar-refractivity contribution >= 4 is 33.3 Å². The number of hydrogen-bond donors (Lipinski definition) is 4. The van der Waals surface area contributed by atoms with Gasteiger partial charge in [-0.15, -0.1) is 11.3 Å². The maximum absolute atomic E-state index is 5.55. The van der Waals surface area contributed by atoms with E-state index in [1.165, 1.54) is 16.9 Å². The number of anilines is 2. The van der Waals surface area contributed by atoms with Gasteiger partial charge in [-0.3, -0.25) is 5.43 Å². The highest BCUT2D eigenvalue weighted by Gasteiger charge is 2.23. The van der Waals surface area contributed by atoms with Gasteiger partial charge in [-0.25, -0.2) is 16.7 Å². The van der Waals surface area contributed by atoms with Gasteiger partial charge in [0.15, 0.2) is 5.82 Å². The van der Waals surface area contributed by atoms with Crippen LogP contribution in [0.2, 0.25) is 0 Å². The van der Waals surface area contributed by atoms with Crippen molar-refractivity contribution in [2.45, 2.75) is 26.2 Å². The molecular weight excluding hydrogens is 248 g/mol. The number of nitrogens with two attached hydrogens (primary N) is 2. The third-order valence-electron chi connectivity index (χ3n) is 3.42. The molecule has 0 amide bonds. The molecule has 2 aromatic rings. The molecule has 7 heteroatoms. The normalized spacial score (nSPS) is 18.7. The van der Waals surface area contributed by atoms with Crippen LogP contribution in [0.15, 0.2) is 0 Å². The van der Waals surface area contributed by atoms with Gasteiger partial charge in [0.05, 0.1) is 5.39 Å². The van der Waals surface area contributed by atoms with Crippen LogP contribution in [0.3, 0.4) is 0 Å². The van der Waals surface area contributed by atoms with E-state index in [0.717, 1.165) is 29.0 Å². The van der Waals surface area contributed by atoms with Crippen LogP contribution >= 0.6 is 11.3 Å². The van der Waals surface area contributed by atoms with Gasteiger partial charge < -0.3 is 5.43 Å². The predicted octanol–water partition coefficient (Wildman–Crippen LogP) is 1.39. The van der Waals surface area contributed by atoms with Crippen LogP contribution in [-0.4, -0.2) is 9.97 Å². The fraction of sp³-hybridized carbons (Fsp3) is 0.455. The van der Waals surface area contributed by atoms with E-state index in [9.17, 15) is 0 Å². The van der Waals surface area contributed by atoms with Gasteiger partial charge in [-0.1, -0.05) is 6.92 Å². The molecule has 1 aliphatic rings. The molecule has 1 atom stereocenters. The summed E-state index contributed by atoms with van der Waals surface area (Å²) in [4.78, 5) is 11.0. The Kier molecular flexibility index (Phi) is 2.81. The van der Waals surface area contributed by atoms with E-state index in [2.05, 4.69) is 27.7 Å². The van der Waals surface area contributed by atoms with Gasteiger partial charge in [0.25, 0.3) is 0 Å². The number of rotatable bonds is 2. The van der Waals surface area contributed by atoms with E-state index in [1.54, 1.807) is 11.3 Å². The molecule has 0 radical (unpaired) electrons. The first-order chi connectivity index (χ1) is 8.72. The van der Waals surface area contributed by atoms with Crippen molar-refractivity contribution in [2.75, 3.05) is 10.9 Å². The summed E-state index contributed by atoms with van der Waals surface area (Å²) in [5, 5.41) is 1.06. The molecule has 96 valence electrons. The highest BCUT2D eigenvalue weighted by molar-refractivity contribution is 7.19. The first-order valence-electron chi connectivity index (χ1n) is 5.98. The van der Waals surface area contributed by atoms with Crippen molar-refractivity contribution in [2.24, 2.45) is 17.6 Å². The van der Waals surface area contributed by atoms with E-state index in [1.807, 2.05) is 0 Å². The van der Waals surface area contributed by atoms with Gasteiger partial charge in [0.2, 0.25) is 5.95 Å². The summed E-state index contributed by atoms with van der Waals surface area (Å²) >= 11 is 1.72. The van der Waals surface area contributed by atoms with Crippen molar-refractivity contribution in [3.63, 3.8) is 0 Å². The summed E-state index contributed by atoms with van der Waals surface area (Å²) < 4.78 is 0. The van der Waals surface area contributed by atoms with Crippen LogP contribution in [0.25, 0.3) is 10.2 Å². The van der Waals surface area contributed by atoms with E-state index in [4.69, 9.17) is 11.7 Å². The van der Waals surface area contributed by atoms with E-state index < -0.39 is 0 Å². The standard InChI is InChI=1S/C11H16N6S/c1-5-2-3-6-7(4-5)18-10-8(6)9(16-12)14-11(15-10)17-13/h5H,2-4,12-13H2,1H3,(H2,14,15,16,17)/t5-/m0/s1. The first-order valence-corrected chi connectivity index (χ1v) is 6.80. The summed E-state index contributed by atoms with van der Waals surface area (Å²) in [5.74, 6) is 12.7. The Hall–Kier alpha value is -1.44. The summed E-state index contributed by atoms with van der Waals surface area (Å²) in [6.07, 6.45) is 3.40. The number of hydrazine groups is 2. The number of aromatic nitrogens is 2. The lowest BCUT2D eigenvalue weighted by Gasteiger charge is -2.18. The van der Waals surface area contributed by atoms with Crippen LogP contribution in [0.4, 0.5) is 11.8 Å². The summed E-state index contributed by atoms with van der Waals surface area (Å²) in [6, 6.07) is 0. The molecule has 2 aromatic heterocycles. The van der Waals surface area contributed by atoms with E-state index in [0.29, 0.717) is 11.8 Å². The quantitative estimate of drug-likeness (QED) is 0.483. The number of nitrogen functional groups attached to an aromatic ring is 2. The first kappa shape index (κ1) is 11.6. The zero-order chi connectivity index (χ0) is 12.7. The number of nitrogens with one attached hydrogen (secondary N) is 2. The Morgan fingerprint density at radius 3 is 2.83 bits per heavy atom. The zero-order valence-electron chi connectivity index (χ0n) is 10.2.